The first-order valence-electron chi connectivity index (χ1n) is 7.40. The molecule has 0 N–H and O–H groups in total. The van der Waals surface area contributed by atoms with Gasteiger partial charge in [-0.05, 0) is 33.6 Å². The summed E-state index contributed by atoms with van der Waals surface area (Å²) in [5.74, 6) is 1.48. The van der Waals surface area contributed by atoms with Crippen molar-refractivity contribution in [3.05, 3.63) is 22.2 Å². The highest BCUT2D eigenvalue weighted by Crippen LogP contribution is 2.36. The highest BCUT2D eigenvalue weighted by molar-refractivity contribution is 9.10. The number of piperazine rings is 1. The number of ether oxygens (including phenoxy) is 2. The van der Waals surface area contributed by atoms with Crippen molar-refractivity contribution >= 4 is 15.9 Å². The van der Waals surface area contributed by atoms with Crippen LogP contribution in [0, 0.1) is 11.3 Å². The average molecular weight is 368 g/mol. The van der Waals surface area contributed by atoms with Crippen molar-refractivity contribution in [2.45, 2.75) is 13.0 Å². The second-order valence-electron chi connectivity index (χ2n) is 5.34. The number of halogens is 1. The standard InChI is InChI=1S/C16H22BrN3O2/c1-21-15-11-13(10-14(17)16(15)22-2)12-20-8-6-19(7-9-20)5-3-4-18/h10-11H,3,5-9,12H2,1-2H3. The van der Waals surface area contributed by atoms with E-state index in [1.165, 1.54) is 5.56 Å². The fourth-order valence-electron chi connectivity index (χ4n) is 2.70. The highest BCUT2D eigenvalue weighted by Gasteiger charge is 2.18. The Morgan fingerprint density at radius 2 is 1.82 bits per heavy atom. The van der Waals surface area contributed by atoms with Crippen molar-refractivity contribution in [2.75, 3.05) is 46.9 Å². The van der Waals surface area contributed by atoms with Crippen LogP contribution < -0.4 is 9.47 Å². The van der Waals surface area contributed by atoms with Gasteiger partial charge in [0.15, 0.2) is 11.5 Å². The van der Waals surface area contributed by atoms with Gasteiger partial charge in [-0.3, -0.25) is 9.80 Å². The van der Waals surface area contributed by atoms with Gasteiger partial charge in [0, 0.05) is 45.7 Å². The average Bonchev–Trinajstić information content (AvgIpc) is 2.53. The molecule has 1 saturated heterocycles. The third kappa shape index (κ3) is 4.35. The van der Waals surface area contributed by atoms with Gasteiger partial charge in [-0.25, -0.2) is 0 Å². The van der Waals surface area contributed by atoms with Gasteiger partial charge in [-0.2, -0.15) is 5.26 Å². The number of hydrogen-bond donors (Lipinski definition) is 0. The summed E-state index contributed by atoms with van der Waals surface area (Å²) < 4.78 is 11.7. The number of rotatable bonds is 6. The first-order chi connectivity index (χ1) is 10.7. The lowest BCUT2D eigenvalue weighted by Gasteiger charge is -2.34. The van der Waals surface area contributed by atoms with Crippen molar-refractivity contribution in [3.63, 3.8) is 0 Å². The van der Waals surface area contributed by atoms with Gasteiger partial charge in [-0.15, -0.1) is 0 Å². The maximum atomic E-state index is 8.65. The van der Waals surface area contributed by atoms with E-state index in [9.17, 15) is 0 Å². The molecule has 0 atom stereocenters. The molecule has 0 bridgehead atoms. The minimum atomic E-state index is 0.614. The first kappa shape index (κ1) is 17.1. The SMILES string of the molecule is COc1cc(CN2CCN(CCC#N)CC2)cc(Br)c1OC. The zero-order chi connectivity index (χ0) is 15.9. The topological polar surface area (TPSA) is 48.7 Å². The largest absolute Gasteiger partial charge is 0.493 e. The summed E-state index contributed by atoms with van der Waals surface area (Å²) in [5, 5.41) is 8.65. The summed E-state index contributed by atoms with van der Waals surface area (Å²) in [6.45, 7) is 5.87. The summed E-state index contributed by atoms with van der Waals surface area (Å²) >= 11 is 3.54. The Balaban J connectivity index is 1.95. The minimum absolute atomic E-state index is 0.614. The third-order valence-corrected chi connectivity index (χ3v) is 4.49. The van der Waals surface area contributed by atoms with E-state index in [0.29, 0.717) is 6.42 Å². The van der Waals surface area contributed by atoms with Crippen LogP contribution in [-0.4, -0.2) is 56.7 Å². The smallest absolute Gasteiger partial charge is 0.174 e. The fraction of sp³-hybridized carbons (Fsp3) is 0.562. The second kappa shape index (κ2) is 8.37. The van der Waals surface area contributed by atoms with Crippen LogP contribution >= 0.6 is 15.9 Å². The van der Waals surface area contributed by atoms with E-state index in [1.807, 2.05) is 6.07 Å². The molecule has 0 aliphatic carbocycles. The summed E-state index contributed by atoms with van der Waals surface area (Å²) in [4.78, 5) is 4.78. The molecule has 0 amide bonds. The van der Waals surface area contributed by atoms with Gasteiger partial charge in [0.2, 0.25) is 0 Å². The molecule has 0 unspecified atom stereocenters. The first-order valence-corrected chi connectivity index (χ1v) is 8.19. The molecular formula is C16H22BrN3O2. The molecule has 0 aromatic heterocycles. The Labute approximate surface area is 140 Å². The molecule has 1 aliphatic heterocycles. The van der Waals surface area contributed by atoms with Crippen LogP contribution in [0.3, 0.4) is 0 Å². The molecule has 5 nitrogen and oxygen atoms in total. The van der Waals surface area contributed by atoms with E-state index in [0.717, 1.165) is 55.2 Å². The van der Waals surface area contributed by atoms with Gasteiger partial charge in [0.05, 0.1) is 24.8 Å². The zero-order valence-electron chi connectivity index (χ0n) is 13.1. The normalized spacial score (nSPS) is 16.3. The van der Waals surface area contributed by atoms with Crippen LogP contribution in [0.25, 0.3) is 0 Å². The Morgan fingerprint density at radius 1 is 1.14 bits per heavy atom. The second-order valence-corrected chi connectivity index (χ2v) is 6.19. The van der Waals surface area contributed by atoms with E-state index in [2.05, 4.69) is 37.9 Å². The molecule has 0 radical (unpaired) electrons. The molecule has 1 aromatic carbocycles. The predicted molar refractivity (Wildman–Crippen MR) is 89.2 cm³/mol. The van der Waals surface area contributed by atoms with Crippen LogP contribution in [0.1, 0.15) is 12.0 Å². The number of nitriles is 1. The van der Waals surface area contributed by atoms with E-state index >= 15 is 0 Å². The van der Waals surface area contributed by atoms with Crippen LogP contribution in [0.2, 0.25) is 0 Å². The molecule has 0 spiro atoms. The molecule has 1 aliphatic rings. The quantitative estimate of drug-likeness (QED) is 0.772. The van der Waals surface area contributed by atoms with Crippen LogP contribution in [-0.2, 0) is 6.54 Å². The van der Waals surface area contributed by atoms with Gasteiger partial charge in [-0.1, -0.05) is 0 Å². The maximum Gasteiger partial charge on any atom is 0.174 e. The molecule has 2 rings (SSSR count). The van der Waals surface area contributed by atoms with Gasteiger partial charge in [0.1, 0.15) is 0 Å². The number of hydrogen-bond acceptors (Lipinski definition) is 5. The lowest BCUT2D eigenvalue weighted by Crippen LogP contribution is -2.46. The van der Waals surface area contributed by atoms with Crippen molar-refractivity contribution < 1.29 is 9.47 Å². The molecule has 1 fully saturated rings. The summed E-state index contributed by atoms with van der Waals surface area (Å²) in [6.07, 6.45) is 0.614. The van der Waals surface area contributed by atoms with Crippen LogP contribution in [0.15, 0.2) is 16.6 Å². The molecule has 1 heterocycles. The number of methoxy groups -OCH3 is 2. The third-order valence-electron chi connectivity index (χ3n) is 3.90. The van der Waals surface area contributed by atoms with Crippen molar-refractivity contribution in [1.82, 2.24) is 9.80 Å². The lowest BCUT2D eigenvalue weighted by molar-refractivity contribution is 0.129. The Hall–Kier alpha value is -1.29. The van der Waals surface area contributed by atoms with E-state index in [1.54, 1.807) is 14.2 Å². The lowest BCUT2D eigenvalue weighted by atomic mass is 10.1. The van der Waals surface area contributed by atoms with E-state index in [4.69, 9.17) is 14.7 Å². The van der Waals surface area contributed by atoms with Gasteiger partial charge in [0.25, 0.3) is 0 Å². The summed E-state index contributed by atoms with van der Waals surface area (Å²) in [6, 6.07) is 6.33. The monoisotopic (exact) mass is 367 g/mol. The fourth-order valence-corrected chi connectivity index (χ4v) is 3.35. The Bertz CT molecular complexity index is 537. The van der Waals surface area contributed by atoms with Gasteiger partial charge < -0.3 is 9.47 Å². The predicted octanol–water partition coefficient (Wildman–Crippen LogP) is 2.50. The minimum Gasteiger partial charge on any atom is -0.493 e. The summed E-state index contributed by atoms with van der Waals surface area (Å²) in [7, 11) is 3.30. The molecule has 1 aromatic rings. The number of nitrogens with zero attached hydrogens (tertiary/aromatic N) is 3. The molecule has 6 heteroatoms. The van der Waals surface area contributed by atoms with Gasteiger partial charge >= 0.3 is 0 Å². The van der Waals surface area contributed by atoms with Crippen LogP contribution in [0.4, 0.5) is 0 Å². The van der Waals surface area contributed by atoms with Crippen molar-refractivity contribution in [3.8, 4) is 17.6 Å². The molecule has 0 saturated carbocycles. The molecule has 120 valence electrons. The van der Waals surface area contributed by atoms with Crippen LogP contribution in [0.5, 0.6) is 11.5 Å². The van der Waals surface area contributed by atoms with Crippen molar-refractivity contribution in [2.24, 2.45) is 0 Å². The summed E-state index contributed by atoms with van der Waals surface area (Å²) in [5.41, 5.74) is 1.20. The molecule has 22 heavy (non-hydrogen) atoms. The van der Waals surface area contributed by atoms with Crippen molar-refractivity contribution in [1.29, 1.82) is 5.26 Å². The Morgan fingerprint density at radius 3 is 2.41 bits per heavy atom. The molecular weight excluding hydrogens is 346 g/mol. The maximum absolute atomic E-state index is 8.65. The zero-order valence-corrected chi connectivity index (χ0v) is 14.7. The van der Waals surface area contributed by atoms with E-state index in [-0.39, 0.29) is 0 Å². The highest BCUT2D eigenvalue weighted by atomic mass is 79.9. The Kier molecular flexibility index (Phi) is 6.49. The number of benzene rings is 1. The van der Waals surface area contributed by atoms with E-state index < -0.39 is 0 Å².